The number of alkyl halides is 3. The summed E-state index contributed by atoms with van der Waals surface area (Å²) in [5.41, 5.74) is 4.48. The van der Waals surface area contributed by atoms with E-state index in [0.29, 0.717) is 0 Å². The second kappa shape index (κ2) is 5.20. The third kappa shape index (κ3) is 3.13. The molecule has 1 atom stereocenters. The Kier molecular flexibility index (Phi) is 3.76. The van der Waals surface area contributed by atoms with Crippen LogP contribution in [0.15, 0.2) is 30.5 Å². The summed E-state index contributed by atoms with van der Waals surface area (Å²) in [5, 5.41) is 3.29. The van der Waals surface area contributed by atoms with Gasteiger partial charge in [0.15, 0.2) is 5.69 Å². The van der Waals surface area contributed by atoms with Crippen molar-refractivity contribution in [1.82, 2.24) is 9.78 Å². The number of nitrogens with two attached hydrogens (primary N) is 1. The van der Waals surface area contributed by atoms with Crippen molar-refractivity contribution in [3.8, 4) is 0 Å². The Balaban J connectivity index is 2.17. The summed E-state index contributed by atoms with van der Waals surface area (Å²) in [6.07, 6.45) is -3.47. The molecule has 2 aromatic rings. The highest BCUT2D eigenvalue weighted by Crippen LogP contribution is 2.27. The predicted molar refractivity (Wildman–Crippen MR) is 60.5 cm³/mol. The number of nitrogens with zero attached hydrogens (tertiary/aromatic N) is 2. The molecule has 1 unspecified atom stereocenters. The molecule has 8 heteroatoms. The first kappa shape index (κ1) is 14.4. The van der Waals surface area contributed by atoms with E-state index >= 15 is 0 Å². The maximum absolute atomic E-state index is 13.5. The summed E-state index contributed by atoms with van der Waals surface area (Å²) in [6, 6.07) is 2.53. The number of aromatic nitrogens is 2. The highest BCUT2D eigenvalue weighted by molar-refractivity contribution is 5.22. The topological polar surface area (TPSA) is 43.8 Å². The smallest absolute Gasteiger partial charge is 0.322 e. The van der Waals surface area contributed by atoms with Crippen molar-refractivity contribution in [3.63, 3.8) is 0 Å². The molecule has 0 saturated heterocycles. The van der Waals surface area contributed by atoms with E-state index in [2.05, 4.69) is 5.10 Å². The van der Waals surface area contributed by atoms with Crippen LogP contribution in [0.5, 0.6) is 0 Å². The van der Waals surface area contributed by atoms with Crippen LogP contribution in [0.1, 0.15) is 17.3 Å². The summed E-state index contributed by atoms with van der Waals surface area (Å²) in [7, 11) is 0. The summed E-state index contributed by atoms with van der Waals surface area (Å²) in [4.78, 5) is 0. The van der Waals surface area contributed by atoms with Crippen LogP contribution in [0.4, 0.5) is 22.0 Å². The van der Waals surface area contributed by atoms with E-state index in [0.717, 1.165) is 35.1 Å². The Morgan fingerprint density at radius 3 is 2.50 bits per heavy atom. The third-order valence-electron chi connectivity index (χ3n) is 2.67. The lowest BCUT2D eigenvalue weighted by atomic mass is 10.1. The van der Waals surface area contributed by atoms with Gasteiger partial charge in [-0.15, -0.1) is 0 Å². The molecule has 1 aromatic heterocycles. The summed E-state index contributed by atoms with van der Waals surface area (Å²) >= 11 is 0. The molecule has 0 saturated carbocycles. The van der Waals surface area contributed by atoms with Crippen molar-refractivity contribution in [2.75, 3.05) is 0 Å². The first-order valence-corrected chi connectivity index (χ1v) is 5.58. The average molecular weight is 291 g/mol. The number of rotatable bonds is 3. The van der Waals surface area contributed by atoms with Crippen molar-refractivity contribution in [2.24, 2.45) is 5.73 Å². The van der Waals surface area contributed by atoms with Crippen molar-refractivity contribution >= 4 is 0 Å². The van der Waals surface area contributed by atoms with Gasteiger partial charge in [-0.3, -0.25) is 4.68 Å². The fourth-order valence-corrected chi connectivity index (χ4v) is 1.71. The molecule has 0 fully saturated rings. The predicted octanol–water partition coefficient (Wildman–Crippen LogP) is 2.88. The lowest BCUT2D eigenvalue weighted by Gasteiger charge is -2.13. The average Bonchev–Trinajstić information content (AvgIpc) is 2.80. The lowest BCUT2D eigenvalue weighted by Crippen LogP contribution is -2.20. The minimum atomic E-state index is -4.56. The van der Waals surface area contributed by atoms with E-state index in [1.165, 1.54) is 0 Å². The van der Waals surface area contributed by atoms with Crippen LogP contribution >= 0.6 is 0 Å². The van der Waals surface area contributed by atoms with Crippen LogP contribution in [-0.4, -0.2) is 9.78 Å². The van der Waals surface area contributed by atoms with Gasteiger partial charge in [-0.2, -0.15) is 18.3 Å². The van der Waals surface area contributed by atoms with Crippen LogP contribution in [0.25, 0.3) is 0 Å². The van der Waals surface area contributed by atoms with Gasteiger partial charge < -0.3 is 5.73 Å². The number of halogens is 5. The molecular formula is C12H10F5N3. The first-order valence-electron chi connectivity index (χ1n) is 5.58. The lowest BCUT2D eigenvalue weighted by molar-refractivity contribution is -0.141. The third-order valence-corrected chi connectivity index (χ3v) is 2.67. The van der Waals surface area contributed by atoms with Gasteiger partial charge in [-0.05, 0) is 24.3 Å². The van der Waals surface area contributed by atoms with Crippen molar-refractivity contribution in [3.05, 3.63) is 53.4 Å². The molecule has 3 nitrogen and oxygen atoms in total. The van der Waals surface area contributed by atoms with E-state index < -0.39 is 29.5 Å². The van der Waals surface area contributed by atoms with E-state index in [4.69, 9.17) is 5.73 Å². The number of benzene rings is 1. The Morgan fingerprint density at radius 2 is 1.90 bits per heavy atom. The molecule has 0 aliphatic carbocycles. The van der Waals surface area contributed by atoms with Crippen LogP contribution in [0.2, 0.25) is 0 Å². The Bertz CT molecular complexity index is 605. The standard InChI is InChI=1S/C12H10F5N3/c13-7-1-2-9(14)8(5-7)10(18)6-20-4-3-11(19-20)12(15,16)17/h1-5,10H,6,18H2. The molecule has 0 aliphatic heterocycles. The molecule has 0 spiro atoms. The summed E-state index contributed by atoms with van der Waals surface area (Å²) in [6.45, 7) is -0.198. The van der Waals surface area contributed by atoms with Crippen molar-refractivity contribution in [2.45, 2.75) is 18.8 Å². The SMILES string of the molecule is NC(Cn1ccc(C(F)(F)F)n1)c1cc(F)ccc1F. The van der Waals surface area contributed by atoms with E-state index in [1.54, 1.807) is 0 Å². The number of hydrogen-bond acceptors (Lipinski definition) is 2. The minimum Gasteiger partial charge on any atom is -0.322 e. The fourth-order valence-electron chi connectivity index (χ4n) is 1.71. The monoisotopic (exact) mass is 291 g/mol. The van der Waals surface area contributed by atoms with Crippen LogP contribution in [0, 0.1) is 11.6 Å². The highest BCUT2D eigenvalue weighted by Gasteiger charge is 2.33. The van der Waals surface area contributed by atoms with Gasteiger partial charge in [-0.25, -0.2) is 8.78 Å². The van der Waals surface area contributed by atoms with Gasteiger partial charge in [0.2, 0.25) is 0 Å². The maximum Gasteiger partial charge on any atom is 0.435 e. The molecule has 0 aliphatic rings. The molecule has 108 valence electrons. The largest absolute Gasteiger partial charge is 0.435 e. The quantitative estimate of drug-likeness (QED) is 0.884. The van der Waals surface area contributed by atoms with Crippen LogP contribution < -0.4 is 5.73 Å². The van der Waals surface area contributed by atoms with Gasteiger partial charge in [0.05, 0.1) is 12.6 Å². The number of hydrogen-bond donors (Lipinski definition) is 1. The zero-order chi connectivity index (χ0) is 14.9. The first-order chi connectivity index (χ1) is 9.27. The minimum absolute atomic E-state index is 0.117. The summed E-state index contributed by atoms with van der Waals surface area (Å²) < 4.78 is 64.5. The maximum atomic E-state index is 13.5. The molecule has 1 aromatic carbocycles. The normalized spacial score (nSPS) is 13.5. The molecule has 20 heavy (non-hydrogen) atoms. The zero-order valence-corrected chi connectivity index (χ0v) is 10.0. The van der Waals surface area contributed by atoms with Gasteiger partial charge >= 0.3 is 6.18 Å². The Morgan fingerprint density at radius 1 is 1.20 bits per heavy atom. The Hall–Kier alpha value is -1.96. The second-order valence-corrected chi connectivity index (χ2v) is 4.19. The van der Waals surface area contributed by atoms with E-state index in [-0.39, 0.29) is 12.1 Å². The fraction of sp³-hybridized carbons (Fsp3) is 0.250. The molecule has 0 bridgehead atoms. The van der Waals surface area contributed by atoms with E-state index in [1.807, 2.05) is 0 Å². The van der Waals surface area contributed by atoms with Crippen LogP contribution in [-0.2, 0) is 12.7 Å². The second-order valence-electron chi connectivity index (χ2n) is 4.19. The zero-order valence-electron chi connectivity index (χ0n) is 10.0. The van der Waals surface area contributed by atoms with Gasteiger partial charge in [0.1, 0.15) is 11.6 Å². The summed E-state index contributed by atoms with van der Waals surface area (Å²) in [5.74, 6) is -1.39. The van der Waals surface area contributed by atoms with Crippen molar-refractivity contribution in [1.29, 1.82) is 0 Å². The molecule has 0 radical (unpaired) electrons. The molecular weight excluding hydrogens is 281 g/mol. The molecule has 2 N–H and O–H groups in total. The molecule has 0 amide bonds. The molecule has 1 heterocycles. The van der Waals surface area contributed by atoms with Crippen LogP contribution in [0.3, 0.4) is 0 Å². The van der Waals surface area contributed by atoms with Crippen molar-refractivity contribution < 1.29 is 22.0 Å². The van der Waals surface area contributed by atoms with Gasteiger partial charge in [0, 0.05) is 11.8 Å². The Labute approximate surface area is 110 Å². The van der Waals surface area contributed by atoms with Gasteiger partial charge in [0.25, 0.3) is 0 Å². The van der Waals surface area contributed by atoms with E-state index in [9.17, 15) is 22.0 Å². The molecule has 2 rings (SSSR count). The van der Waals surface area contributed by atoms with Gasteiger partial charge in [-0.1, -0.05) is 0 Å². The highest BCUT2D eigenvalue weighted by atomic mass is 19.4.